The van der Waals surface area contributed by atoms with Gasteiger partial charge in [-0.05, 0) is 35.4 Å². The Kier molecular flexibility index (Phi) is 3.06. The van der Waals surface area contributed by atoms with Gasteiger partial charge in [-0.25, -0.2) is 9.37 Å². The molecule has 0 amide bonds. The van der Waals surface area contributed by atoms with Crippen LogP contribution < -0.4 is 0 Å². The molecule has 19 heavy (non-hydrogen) atoms. The minimum absolute atomic E-state index is 0.0683. The van der Waals surface area contributed by atoms with E-state index in [0.717, 1.165) is 16.8 Å². The molecule has 0 spiro atoms. The van der Waals surface area contributed by atoms with E-state index in [-0.39, 0.29) is 11.7 Å². The van der Waals surface area contributed by atoms with Crippen LogP contribution in [0.3, 0.4) is 0 Å². The fourth-order valence-corrected chi connectivity index (χ4v) is 2.22. The summed E-state index contributed by atoms with van der Waals surface area (Å²) >= 11 is 0. The molecule has 0 bridgehead atoms. The molecule has 3 nitrogen and oxygen atoms in total. The second-order valence-electron chi connectivity index (χ2n) is 4.28. The molecule has 0 aliphatic carbocycles. The van der Waals surface area contributed by atoms with Crippen molar-refractivity contribution in [3.63, 3.8) is 0 Å². The molecule has 3 rings (SSSR count). The number of imidazole rings is 1. The first-order valence-corrected chi connectivity index (χ1v) is 5.98. The molecule has 0 aliphatic heterocycles. The summed E-state index contributed by atoms with van der Waals surface area (Å²) in [6.45, 7) is 0. The van der Waals surface area contributed by atoms with Gasteiger partial charge in [-0.15, -0.1) is 0 Å². The zero-order valence-corrected chi connectivity index (χ0v) is 10.1. The van der Waals surface area contributed by atoms with Crippen LogP contribution in [0.5, 0.6) is 0 Å². The van der Waals surface area contributed by atoms with Crippen molar-refractivity contribution in [3.05, 3.63) is 84.0 Å². The van der Waals surface area contributed by atoms with Gasteiger partial charge in [0.1, 0.15) is 5.82 Å². The van der Waals surface area contributed by atoms with Crippen LogP contribution in [0.25, 0.3) is 0 Å². The summed E-state index contributed by atoms with van der Waals surface area (Å²) in [6.07, 6.45) is 6.86. The third kappa shape index (κ3) is 2.38. The molecule has 2 aromatic heterocycles. The fourth-order valence-electron chi connectivity index (χ4n) is 2.22. The van der Waals surface area contributed by atoms with E-state index >= 15 is 0 Å². The van der Waals surface area contributed by atoms with E-state index in [9.17, 15) is 4.39 Å². The number of benzene rings is 1. The Labute approximate surface area is 110 Å². The van der Waals surface area contributed by atoms with E-state index in [2.05, 4.69) is 15.0 Å². The van der Waals surface area contributed by atoms with E-state index in [0.29, 0.717) is 0 Å². The average molecular weight is 253 g/mol. The van der Waals surface area contributed by atoms with Crippen LogP contribution in [0, 0.1) is 5.82 Å². The maximum atomic E-state index is 13.4. The van der Waals surface area contributed by atoms with E-state index in [1.165, 1.54) is 6.07 Å². The minimum atomic E-state index is -0.240. The van der Waals surface area contributed by atoms with Gasteiger partial charge in [-0.2, -0.15) is 0 Å². The van der Waals surface area contributed by atoms with Gasteiger partial charge in [-0.1, -0.05) is 12.1 Å². The molecular weight excluding hydrogens is 241 g/mol. The molecule has 0 radical (unpaired) electrons. The van der Waals surface area contributed by atoms with Crippen LogP contribution in [0.15, 0.2) is 61.3 Å². The maximum Gasteiger partial charge on any atom is 0.123 e. The molecule has 3 aromatic rings. The zero-order chi connectivity index (χ0) is 13.1. The van der Waals surface area contributed by atoms with Crippen LogP contribution in [-0.2, 0) is 0 Å². The first kappa shape index (κ1) is 11.6. The van der Waals surface area contributed by atoms with Crippen molar-refractivity contribution in [3.8, 4) is 0 Å². The lowest BCUT2D eigenvalue weighted by atomic mass is 9.89. The summed E-state index contributed by atoms with van der Waals surface area (Å²) in [5, 5.41) is 0. The predicted molar refractivity (Wildman–Crippen MR) is 70.2 cm³/mol. The standard InChI is InChI=1S/C15H12FN3/c16-13-3-1-2-12(8-13)15(14-9-18-10-19-14)11-4-6-17-7-5-11/h1-10,15H,(H,18,19). The second kappa shape index (κ2) is 5.02. The lowest BCUT2D eigenvalue weighted by Gasteiger charge is -2.16. The molecule has 0 aliphatic rings. The number of halogens is 1. The predicted octanol–water partition coefficient (Wildman–Crippen LogP) is 3.12. The smallest absolute Gasteiger partial charge is 0.123 e. The SMILES string of the molecule is Fc1cccc(C(c2ccncc2)c2cnc[nH]2)c1. The van der Waals surface area contributed by atoms with Crippen molar-refractivity contribution < 1.29 is 4.39 Å². The summed E-state index contributed by atoms with van der Waals surface area (Å²) in [6, 6.07) is 10.5. The summed E-state index contributed by atoms with van der Waals surface area (Å²) < 4.78 is 13.4. The third-order valence-corrected chi connectivity index (χ3v) is 3.05. The van der Waals surface area contributed by atoms with Crippen LogP contribution in [-0.4, -0.2) is 15.0 Å². The molecule has 4 heteroatoms. The molecule has 1 unspecified atom stereocenters. The Balaban J connectivity index is 2.12. The van der Waals surface area contributed by atoms with Gasteiger partial charge in [0.05, 0.1) is 12.2 Å². The van der Waals surface area contributed by atoms with Gasteiger partial charge >= 0.3 is 0 Å². The number of pyridine rings is 1. The Bertz CT molecular complexity index is 650. The molecule has 0 fully saturated rings. The molecule has 0 saturated heterocycles. The van der Waals surface area contributed by atoms with Crippen LogP contribution in [0.2, 0.25) is 0 Å². The summed E-state index contributed by atoms with van der Waals surface area (Å²) in [5.41, 5.74) is 2.86. The molecule has 1 atom stereocenters. The summed E-state index contributed by atoms with van der Waals surface area (Å²) in [7, 11) is 0. The molecule has 1 N–H and O–H groups in total. The van der Waals surface area contributed by atoms with Gasteiger partial charge in [0, 0.05) is 24.3 Å². The van der Waals surface area contributed by atoms with Crippen molar-refractivity contribution in [2.24, 2.45) is 0 Å². The highest BCUT2D eigenvalue weighted by Gasteiger charge is 2.18. The van der Waals surface area contributed by atoms with Crippen molar-refractivity contribution in [1.82, 2.24) is 15.0 Å². The lowest BCUT2D eigenvalue weighted by Crippen LogP contribution is -2.04. The number of H-pyrrole nitrogens is 1. The lowest BCUT2D eigenvalue weighted by molar-refractivity contribution is 0.624. The van der Waals surface area contributed by atoms with Crippen LogP contribution in [0.4, 0.5) is 4.39 Å². The quantitative estimate of drug-likeness (QED) is 0.779. The summed E-state index contributed by atoms with van der Waals surface area (Å²) in [4.78, 5) is 11.2. The van der Waals surface area contributed by atoms with Gasteiger partial charge in [-0.3, -0.25) is 4.98 Å². The average Bonchev–Trinajstić information content (AvgIpc) is 2.94. The summed E-state index contributed by atoms with van der Waals surface area (Å²) in [5.74, 6) is -0.308. The Morgan fingerprint density at radius 2 is 1.84 bits per heavy atom. The van der Waals surface area contributed by atoms with Crippen molar-refractivity contribution >= 4 is 0 Å². The molecule has 0 saturated carbocycles. The molecule has 1 aromatic carbocycles. The fraction of sp³-hybridized carbons (Fsp3) is 0.0667. The van der Waals surface area contributed by atoms with E-state index < -0.39 is 0 Å². The van der Waals surface area contributed by atoms with E-state index in [1.807, 2.05) is 18.2 Å². The van der Waals surface area contributed by atoms with Crippen molar-refractivity contribution in [1.29, 1.82) is 0 Å². The highest BCUT2D eigenvalue weighted by molar-refractivity contribution is 5.39. The number of aromatic amines is 1. The number of rotatable bonds is 3. The Hall–Kier alpha value is -2.49. The number of aromatic nitrogens is 3. The van der Waals surface area contributed by atoms with Gasteiger partial charge in [0.15, 0.2) is 0 Å². The Morgan fingerprint density at radius 1 is 1.00 bits per heavy atom. The van der Waals surface area contributed by atoms with E-state index in [1.54, 1.807) is 37.1 Å². The third-order valence-electron chi connectivity index (χ3n) is 3.05. The second-order valence-corrected chi connectivity index (χ2v) is 4.28. The maximum absolute atomic E-state index is 13.4. The largest absolute Gasteiger partial charge is 0.348 e. The highest BCUT2D eigenvalue weighted by atomic mass is 19.1. The number of hydrogen-bond acceptors (Lipinski definition) is 2. The van der Waals surface area contributed by atoms with Crippen LogP contribution in [0.1, 0.15) is 22.7 Å². The first-order chi connectivity index (χ1) is 9.34. The van der Waals surface area contributed by atoms with E-state index in [4.69, 9.17) is 0 Å². The van der Waals surface area contributed by atoms with Crippen LogP contribution >= 0.6 is 0 Å². The molecule has 2 heterocycles. The monoisotopic (exact) mass is 253 g/mol. The van der Waals surface area contributed by atoms with Crippen molar-refractivity contribution in [2.75, 3.05) is 0 Å². The minimum Gasteiger partial charge on any atom is -0.348 e. The normalized spacial score (nSPS) is 12.3. The molecular formula is C15H12FN3. The number of nitrogens with zero attached hydrogens (tertiary/aromatic N) is 2. The van der Waals surface area contributed by atoms with Crippen molar-refractivity contribution in [2.45, 2.75) is 5.92 Å². The highest BCUT2D eigenvalue weighted by Crippen LogP contribution is 2.30. The Morgan fingerprint density at radius 3 is 2.53 bits per heavy atom. The zero-order valence-electron chi connectivity index (χ0n) is 10.1. The topological polar surface area (TPSA) is 41.6 Å². The first-order valence-electron chi connectivity index (χ1n) is 5.98. The van der Waals surface area contributed by atoms with Gasteiger partial charge < -0.3 is 4.98 Å². The number of hydrogen-bond donors (Lipinski definition) is 1. The van der Waals surface area contributed by atoms with Gasteiger partial charge in [0.25, 0.3) is 0 Å². The van der Waals surface area contributed by atoms with Gasteiger partial charge in [0.2, 0.25) is 0 Å². The molecule has 94 valence electrons. The number of nitrogens with one attached hydrogen (secondary N) is 1.